The van der Waals surface area contributed by atoms with E-state index in [1.165, 1.54) is 0 Å². The fraction of sp³-hybridized carbons (Fsp3) is 0.533. The summed E-state index contributed by atoms with van der Waals surface area (Å²) >= 11 is 0. The van der Waals surface area contributed by atoms with Crippen LogP contribution in [0.5, 0.6) is 0 Å². The van der Waals surface area contributed by atoms with E-state index in [4.69, 9.17) is 0 Å². The van der Waals surface area contributed by atoms with Crippen LogP contribution in [0.2, 0.25) is 0 Å². The molecule has 0 aliphatic heterocycles. The number of aryl methyl sites for hydroxylation is 1. The summed E-state index contributed by atoms with van der Waals surface area (Å²) in [6.45, 7) is 9.27. The van der Waals surface area contributed by atoms with E-state index >= 15 is 0 Å². The first-order chi connectivity index (χ1) is 8.49. The van der Waals surface area contributed by atoms with Gasteiger partial charge in [0.1, 0.15) is 5.82 Å². The SMILES string of the molecule is CCC(C)(CC)Cn1ncc2cc(C)c(F)cc21. The zero-order valence-corrected chi connectivity index (χ0v) is 11.6. The zero-order valence-electron chi connectivity index (χ0n) is 11.6. The van der Waals surface area contributed by atoms with Crippen molar-refractivity contribution in [3.05, 3.63) is 29.7 Å². The highest BCUT2D eigenvalue weighted by molar-refractivity contribution is 5.79. The Hall–Kier alpha value is -1.38. The summed E-state index contributed by atoms with van der Waals surface area (Å²) in [5.41, 5.74) is 1.79. The number of nitrogens with zero attached hydrogens (tertiary/aromatic N) is 2. The van der Waals surface area contributed by atoms with E-state index in [0.717, 1.165) is 30.3 Å². The quantitative estimate of drug-likeness (QED) is 0.788. The number of halogens is 1. The Balaban J connectivity index is 2.43. The van der Waals surface area contributed by atoms with Crippen molar-refractivity contribution in [2.24, 2.45) is 5.41 Å². The van der Waals surface area contributed by atoms with Gasteiger partial charge in [0.25, 0.3) is 0 Å². The van der Waals surface area contributed by atoms with E-state index in [2.05, 4.69) is 25.9 Å². The molecule has 3 heteroatoms. The van der Waals surface area contributed by atoms with Gasteiger partial charge in [-0.3, -0.25) is 4.68 Å². The molecule has 0 spiro atoms. The molecule has 1 aromatic carbocycles. The average Bonchev–Trinajstić information content (AvgIpc) is 2.72. The normalized spacial score (nSPS) is 12.3. The number of fused-ring (bicyclic) bond motifs is 1. The fourth-order valence-corrected chi connectivity index (χ4v) is 2.18. The minimum Gasteiger partial charge on any atom is -0.264 e. The standard InChI is InChI=1S/C15H21FN2/c1-5-15(4,6-2)10-18-14-8-13(16)11(3)7-12(14)9-17-18/h7-9H,5-6,10H2,1-4H3. The van der Waals surface area contributed by atoms with Gasteiger partial charge in [-0.15, -0.1) is 0 Å². The minimum absolute atomic E-state index is 0.154. The van der Waals surface area contributed by atoms with Crippen molar-refractivity contribution in [3.8, 4) is 0 Å². The van der Waals surface area contributed by atoms with Crippen molar-refractivity contribution in [1.29, 1.82) is 0 Å². The van der Waals surface area contributed by atoms with Gasteiger partial charge in [0.05, 0.1) is 11.7 Å². The molecule has 0 atom stereocenters. The molecule has 0 bridgehead atoms. The topological polar surface area (TPSA) is 17.8 Å². The van der Waals surface area contributed by atoms with Gasteiger partial charge < -0.3 is 0 Å². The summed E-state index contributed by atoms with van der Waals surface area (Å²) in [5.74, 6) is -0.154. The average molecular weight is 248 g/mol. The Morgan fingerprint density at radius 3 is 2.56 bits per heavy atom. The monoisotopic (exact) mass is 248 g/mol. The second-order valence-electron chi connectivity index (χ2n) is 5.48. The molecule has 2 rings (SSSR count). The predicted molar refractivity (Wildman–Crippen MR) is 73.1 cm³/mol. The smallest absolute Gasteiger partial charge is 0.128 e. The van der Waals surface area contributed by atoms with Crippen molar-refractivity contribution >= 4 is 10.9 Å². The first kappa shape index (κ1) is 13.1. The van der Waals surface area contributed by atoms with Gasteiger partial charge in [-0.1, -0.05) is 20.8 Å². The number of hydrogen-bond donors (Lipinski definition) is 0. The van der Waals surface area contributed by atoms with Gasteiger partial charge in [-0.2, -0.15) is 5.10 Å². The molecular weight excluding hydrogens is 227 g/mol. The van der Waals surface area contributed by atoms with Crippen LogP contribution in [0.15, 0.2) is 18.3 Å². The summed E-state index contributed by atoms with van der Waals surface area (Å²) in [7, 11) is 0. The van der Waals surface area contributed by atoms with Gasteiger partial charge in [0, 0.05) is 18.0 Å². The van der Waals surface area contributed by atoms with Crippen molar-refractivity contribution in [3.63, 3.8) is 0 Å². The van der Waals surface area contributed by atoms with E-state index in [1.54, 1.807) is 13.0 Å². The van der Waals surface area contributed by atoms with Gasteiger partial charge in [-0.25, -0.2) is 4.39 Å². The lowest BCUT2D eigenvalue weighted by molar-refractivity contribution is 0.242. The third kappa shape index (κ3) is 2.26. The molecule has 2 aromatic rings. The number of aromatic nitrogens is 2. The molecule has 2 nitrogen and oxygen atoms in total. The van der Waals surface area contributed by atoms with E-state index in [-0.39, 0.29) is 11.2 Å². The maximum Gasteiger partial charge on any atom is 0.128 e. The van der Waals surface area contributed by atoms with Crippen molar-refractivity contribution in [2.75, 3.05) is 0 Å². The van der Waals surface area contributed by atoms with Gasteiger partial charge in [0.2, 0.25) is 0 Å². The van der Waals surface area contributed by atoms with Crippen molar-refractivity contribution in [1.82, 2.24) is 9.78 Å². The molecule has 0 saturated carbocycles. The second-order valence-corrected chi connectivity index (χ2v) is 5.48. The van der Waals surface area contributed by atoms with E-state index in [0.29, 0.717) is 5.56 Å². The van der Waals surface area contributed by atoms with Crippen LogP contribution < -0.4 is 0 Å². The highest BCUT2D eigenvalue weighted by atomic mass is 19.1. The van der Waals surface area contributed by atoms with Crippen LogP contribution >= 0.6 is 0 Å². The predicted octanol–water partition coefficient (Wildman–Crippen LogP) is 4.31. The van der Waals surface area contributed by atoms with Gasteiger partial charge in [0.15, 0.2) is 0 Å². The zero-order chi connectivity index (χ0) is 13.3. The molecular formula is C15H21FN2. The maximum atomic E-state index is 13.7. The second kappa shape index (κ2) is 4.71. The molecule has 0 aliphatic carbocycles. The Bertz CT molecular complexity index is 553. The molecule has 1 heterocycles. The Morgan fingerprint density at radius 2 is 1.94 bits per heavy atom. The minimum atomic E-state index is -0.154. The third-order valence-electron chi connectivity index (χ3n) is 4.16. The molecule has 98 valence electrons. The Morgan fingerprint density at radius 1 is 1.28 bits per heavy atom. The first-order valence-electron chi connectivity index (χ1n) is 6.61. The lowest BCUT2D eigenvalue weighted by atomic mass is 9.85. The highest BCUT2D eigenvalue weighted by Crippen LogP contribution is 2.29. The van der Waals surface area contributed by atoms with E-state index in [9.17, 15) is 4.39 Å². The van der Waals surface area contributed by atoms with Gasteiger partial charge >= 0.3 is 0 Å². The Kier molecular flexibility index (Phi) is 3.42. The molecule has 0 saturated heterocycles. The van der Waals surface area contributed by atoms with Crippen LogP contribution in [0.25, 0.3) is 10.9 Å². The molecule has 0 unspecified atom stereocenters. The molecule has 0 aliphatic rings. The van der Waals surface area contributed by atoms with Crippen molar-refractivity contribution in [2.45, 2.75) is 47.1 Å². The number of benzene rings is 1. The van der Waals surface area contributed by atoms with Crippen LogP contribution in [-0.2, 0) is 6.54 Å². The third-order valence-corrected chi connectivity index (χ3v) is 4.16. The molecule has 0 amide bonds. The first-order valence-corrected chi connectivity index (χ1v) is 6.61. The summed E-state index contributed by atoms with van der Waals surface area (Å²) in [5, 5.41) is 5.43. The molecule has 0 radical (unpaired) electrons. The van der Waals surface area contributed by atoms with E-state index < -0.39 is 0 Å². The summed E-state index contributed by atoms with van der Waals surface area (Å²) in [6, 6.07) is 3.47. The number of rotatable bonds is 4. The maximum absolute atomic E-state index is 13.7. The fourth-order valence-electron chi connectivity index (χ4n) is 2.18. The van der Waals surface area contributed by atoms with E-state index in [1.807, 2.05) is 16.9 Å². The summed E-state index contributed by atoms with van der Waals surface area (Å²) in [6.07, 6.45) is 4.02. The highest BCUT2D eigenvalue weighted by Gasteiger charge is 2.21. The molecule has 18 heavy (non-hydrogen) atoms. The van der Waals surface area contributed by atoms with Crippen LogP contribution in [0, 0.1) is 18.2 Å². The van der Waals surface area contributed by atoms with Gasteiger partial charge in [-0.05, 0) is 36.8 Å². The van der Waals surface area contributed by atoms with Crippen LogP contribution in [-0.4, -0.2) is 9.78 Å². The number of hydrogen-bond acceptors (Lipinski definition) is 1. The largest absolute Gasteiger partial charge is 0.264 e. The van der Waals surface area contributed by atoms with Crippen LogP contribution in [0.4, 0.5) is 4.39 Å². The lowest BCUT2D eigenvalue weighted by Crippen LogP contribution is -2.22. The lowest BCUT2D eigenvalue weighted by Gasteiger charge is -2.26. The Labute approximate surface area is 108 Å². The molecule has 0 N–H and O–H groups in total. The molecule has 0 fully saturated rings. The molecule has 1 aromatic heterocycles. The van der Waals surface area contributed by atoms with Crippen LogP contribution in [0.1, 0.15) is 39.2 Å². The summed E-state index contributed by atoms with van der Waals surface area (Å²) in [4.78, 5) is 0. The summed E-state index contributed by atoms with van der Waals surface area (Å²) < 4.78 is 15.6. The van der Waals surface area contributed by atoms with Crippen LogP contribution in [0.3, 0.4) is 0 Å². The van der Waals surface area contributed by atoms with Crippen molar-refractivity contribution < 1.29 is 4.39 Å².